The number of carboxylic acids is 1. The van der Waals surface area contributed by atoms with Gasteiger partial charge >= 0.3 is 5.97 Å². The number of hydrogen-bond acceptors (Lipinski definition) is 4. The molecule has 0 amide bonds. The molecule has 0 fully saturated rings. The van der Waals surface area contributed by atoms with Crippen LogP contribution in [0.15, 0.2) is 33.5 Å². The zero-order valence-electron chi connectivity index (χ0n) is 14.6. The molecule has 26 heavy (non-hydrogen) atoms. The summed E-state index contributed by atoms with van der Waals surface area (Å²) < 4.78 is 2.62. The van der Waals surface area contributed by atoms with Crippen molar-refractivity contribution < 1.29 is 9.90 Å². The molecular formula is C19H19BrN2O3S. The molecule has 3 rings (SSSR count). The van der Waals surface area contributed by atoms with Crippen LogP contribution in [0.5, 0.6) is 0 Å². The average Bonchev–Trinajstić information content (AvgIpc) is 2.93. The second kappa shape index (κ2) is 7.72. The maximum Gasteiger partial charge on any atom is 0.303 e. The molecule has 5 nitrogen and oxygen atoms in total. The molecule has 3 aromatic rings. The molecule has 0 aliphatic heterocycles. The Kier molecular flexibility index (Phi) is 5.58. The molecule has 0 unspecified atom stereocenters. The molecule has 0 radical (unpaired) electrons. The number of aryl methyl sites for hydroxylation is 2. The van der Waals surface area contributed by atoms with Gasteiger partial charge in [-0.3, -0.25) is 14.2 Å². The molecule has 0 bridgehead atoms. The number of benzene rings is 1. The molecule has 0 aliphatic rings. The highest BCUT2D eigenvalue weighted by Crippen LogP contribution is 2.36. The quantitative estimate of drug-likeness (QED) is 0.613. The number of carbonyl (C=O) groups is 1. The van der Waals surface area contributed by atoms with E-state index in [0.29, 0.717) is 30.6 Å². The Hall–Kier alpha value is -1.99. The Morgan fingerprint density at radius 1 is 1.31 bits per heavy atom. The fourth-order valence-corrected chi connectivity index (χ4v) is 4.41. The largest absolute Gasteiger partial charge is 0.481 e. The highest BCUT2D eigenvalue weighted by molar-refractivity contribution is 9.10. The van der Waals surface area contributed by atoms with Gasteiger partial charge in [0.15, 0.2) is 0 Å². The Morgan fingerprint density at radius 3 is 2.62 bits per heavy atom. The van der Waals surface area contributed by atoms with Gasteiger partial charge in [-0.15, -0.1) is 11.3 Å². The fraction of sp³-hybridized carbons (Fsp3) is 0.316. The summed E-state index contributed by atoms with van der Waals surface area (Å²) in [6.07, 6.45) is 1.07. The van der Waals surface area contributed by atoms with Gasteiger partial charge in [-0.05, 0) is 31.0 Å². The van der Waals surface area contributed by atoms with Crippen molar-refractivity contribution in [3.63, 3.8) is 0 Å². The zero-order valence-corrected chi connectivity index (χ0v) is 17.0. The number of nitrogens with zero attached hydrogens (tertiary/aromatic N) is 2. The van der Waals surface area contributed by atoms with Crippen LogP contribution in [0.2, 0.25) is 0 Å². The van der Waals surface area contributed by atoms with E-state index in [-0.39, 0.29) is 12.0 Å². The van der Waals surface area contributed by atoms with Crippen molar-refractivity contribution >= 4 is 43.5 Å². The molecule has 0 saturated heterocycles. The van der Waals surface area contributed by atoms with Crippen LogP contribution in [0.25, 0.3) is 21.3 Å². The van der Waals surface area contributed by atoms with Gasteiger partial charge < -0.3 is 5.11 Å². The summed E-state index contributed by atoms with van der Waals surface area (Å²) in [5.41, 5.74) is 1.82. The summed E-state index contributed by atoms with van der Waals surface area (Å²) >= 11 is 4.97. The zero-order chi connectivity index (χ0) is 18.8. The van der Waals surface area contributed by atoms with E-state index < -0.39 is 5.97 Å². The van der Waals surface area contributed by atoms with E-state index in [0.717, 1.165) is 25.3 Å². The van der Waals surface area contributed by atoms with Crippen LogP contribution in [0.4, 0.5) is 0 Å². The molecule has 1 N–H and O–H groups in total. The minimum absolute atomic E-state index is 0.0376. The fourth-order valence-electron chi connectivity index (χ4n) is 3.09. The lowest BCUT2D eigenvalue weighted by Crippen LogP contribution is -2.25. The average molecular weight is 435 g/mol. The van der Waals surface area contributed by atoms with E-state index in [4.69, 9.17) is 10.1 Å². The number of aromatic nitrogens is 2. The van der Waals surface area contributed by atoms with Crippen LogP contribution in [-0.4, -0.2) is 20.6 Å². The Balaban J connectivity index is 2.18. The van der Waals surface area contributed by atoms with E-state index in [9.17, 15) is 9.59 Å². The lowest BCUT2D eigenvalue weighted by molar-refractivity contribution is -0.137. The summed E-state index contributed by atoms with van der Waals surface area (Å²) in [5.74, 6) is -0.149. The number of halogens is 1. The Labute approximate surface area is 163 Å². The molecular weight excluding hydrogens is 416 g/mol. The number of rotatable bonds is 6. The molecule has 0 saturated carbocycles. The normalized spacial score (nSPS) is 11.2. The van der Waals surface area contributed by atoms with E-state index in [1.54, 1.807) is 4.57 Å². The van der Waals surface area contributed by atoms with Crippen LogP contribution >= 0.6 is 27.3 Å². The third-order valence-electron chi connectivity index (χ3n) is 4.29. The van der Waals surface area contributed by atoms with Gasteiger partial charge in [-0.25, -0.2) is 4.98 Å². The lowest BCUT2D eigenvalue weighted by Gasteiger charge is -2.11. The van der Waals surface area contributed by atoms with Gasteiger partial charge in [0.2, 0.25) is 0 Å². The topological polar surface area (TPSA) is 72.2 Å². The van der Waals surface area contributed by atoms with Crippen LogP contribution in [0.1, 0.15) is 30.5 Å². The first-order valence-electron chi connectivity index (χ1n) is 8.43. The molecule has 1 aromatic carbocycles. The van der Waals surface area contributed by atoms with Gasteiger partial charge in [0.05, 0.1) is 5.39 Å². The van der Waals surface area contributed by atoms with Gasteiger partial charge in [-0.1, -0.05) is 35.0 Å². The predicted octanol–water partition coefficient (Wildman–Crippen LogP) is 4.62. The van der Waals surface area contributed by atoms with Crippen molar-refractivity contribution in [1.82, 2.24) is 9.55 Å². The van der Waals surface area contributed by atoms with Crippen molar-refractivity contribution in [2.45, 2.75) is 39.7 Å². The summed E-state index contributed by atoms with van der Waals surface area (Å²) in [4.78, 5) is 30.5. The second-order valence-corrected chi connectivity index (χ2v) is 8.17. The highest BCUT2D eigenvalue weighted by atomic mass is 79.9. The lowest BCUT2D eigenvalue weighted by atomic mass is 10.0. The minimum atomic E-state index is -0.855. The van der Waals surface area contributed by atoms with Crippen LogP contribution in [0.3, 0.4) is 0 Å². The molecule has 0 aliphatic carbocycles. The van der Waals surface area contributed by atoms with Crippen molar-refractivity contribution in [2.75, 3.05) is 0 Å². The van der Waals surface area contributed by atoms with Crippen molar-refractivity contribution in [3.8, 4) is 11.1 Å². The van der Waals surface area contributed by atoms with E-state index in [2.05, 4.69) is 15.9 Å². The summed E-state index contributed by atoms with van der Waals surface area (Å²) in [6, 6.07) is 7.88. The van der Waals surface area contributed by atoms with Crippen molar-refractivity contribution in [2.24, 2.45) is 0 Å². The predicted molar refractivity (Wildman–Crippen MR) is 108 cm³/mol. The van der Waals surface area contributed by atoms with E-state index >= 15 is 0 Å². The Bertz CT molecular complexity index is 1020. The molecule has 7 heteroatoms. The number of thiophene rings is 1. The maximum atomic E-state index is 13.2. The monoisotopic (exact) mass is 434 g/mol. The number of carboxylic acid groups (broad SMARTS) is 1. The van der Waals surface area contributed by atoms with Crippen molar-refractivity contribution in [1.29, 1.82) is 0 Å². The van der Waals surface area contributed by atoms with E-state index in [1.165, 1.54) is 11.3 Å². The molecule has 136 valence electrons. The molecule has 0 atom stereocenters. The van der Waals surface area contributed by atoms with Gasteiger partial charge in [0.25, 0.3) is 5.56 Å². The first-order chi connectivity index (χ1) is 12.4. The highest BCUT2D eigenvalue weighted by Gasteiger charge is 2.19. The third-order valence-corrected chi connectivity index (χ3v) is 5.82. The van der Waals surface area contributed by atoms with Crippen LogP contribution in [0, 0.1) is 6.92 Å². The van der Waals surface area contributed by atoms with E-state index in [1.807, 2.05) is 38.1 Å². The minimum Gasteiger partial charge on any atom is -0.481 e. The number of aliphatic carboxylic acids is 1. The maximum absolute atomic E-state index is 13.2. The molecule has 0 spiro atoms. The number of fused-ring (bicyclic) bond motifs is 1. The Morgan fingerprint density at radius 2 is 2.00 bits per heavy atom. The third kappa shape index (κ3) is 3.59. The smallest absolute Gasteiger partial charge is 0.303 e. The molecule has 2 heterocycles. The summed E-state index contributed by atoms with van der Waals surface area (Å²) in [7, 11) is 0. The van der Waals surface area contributed by atoms with Crippen LogP contribution in [-0.2, 0) is 17.8 Å². The second-order valence-electron chi connectivity index (χ2n) is 6.06. The standard InChI is InChI=1S/C19H19BrN2O3S/c1-3-14-21-18-17(19(25)22(14)10-4-5-15(23)24)16(11(2)26-18)12-6-8-13(20)9-7-12/h6-9H,3-5,10H2,1-2H3,(H,23,24). The first kappa shape index (κ1) is 18.8. The van der Waals surface area contributed by atoms with Gasteiger partial charge in [-0.2, -0.15) is 0 Å². The summed E-state index contributed by atoms with van der Waals surface area (Å²) in [5, 5.41) is 9.50. The number of hydrogen-bond donors (Lipinski definition) is 1. The first-order valence-corrected chi connectivity index (χ1v) is 10.0. The molecule has 2 aromatic heterocycles. The van der Waals surface area contributed by atoms with Gasteiger partial charge in [0, 0.05) is 34.3 Å². The van der Waals surface area contributed by atoms with Gasteiger partial charge in [0.1, 0.15) is 10.7 Å². The van der Waals surface area contributed by atoms with Crippen LogP contribution < -0.4 is 5.56 Å². The summed E-state index contributed by atoms with van der Waals surface area (Å²) in [6.45, 7) is 4.33. The SMILES string of the molecule is CCc1nc2sc(C)c(-c3ccc(Br)cc3)c2c(=O)n1CCCC(=O)O. The van der Waals surface area contributed by atoms with Crippen molar-refractivity contribution in [3.05, 3.63) is 49.8 Å².